The molecule has 0 aromatic heterocycles. The zero-order chi connectivity index (χ0) is 39.0. The Hall–Kier alpha value is -1.86. The third kappa shape index (κ3) is 9.93. The molecule has 0 aromatic carbocycles. The molecule has 0 saturated carbocycles. The van der Waals surface area contributed by atoms with Crippen molar-refractivity contribution < 1.29 is 92.9 Å². The standard InChI is InChI=1S/C28H37F19O2/c1-18(2)16-14-12-10-8-6-4-3-5-7-9-11-13-15-17-49-19(48)20(29,30)21(31,32)22(33,34)23(35,36)24(37,38)25(39,40)26(41,42)27(43,44)28(45,46)47/h18H,3-17H2,1-2H3. The molecular formula is C28H37F19O2. The first kappa shape index (κ1) is 47.1. The second-order valence-corrected chi connectivity index (χ2v) is 12.0. The van der Waals surface area contributed by atoms with Gasteiger partial charge in [0.2, 0.25) is 0 Å². The van der Waals surface area contributed by atoms with Crippen molar-refractivity contribution >= 4 is 5.97 Å². The van der Waals surface area contributed by atoms with Crippen molar-refractivity contribution in [2.75, 3.05) is 6.61 Å². The fraction of sp³-hybridized carbons (Fsp3) is 0.964. The van der Waals surface area contributed by atoms with E-state index in [4.69, 9.17) is 0 Å². The lowest BCUT2D eigenvalue weighted by molar-refractivity contribution is -0.467. The Morgan fingerprint density at radius 1 is 0.408 bits per heavy atom. The second-order valence-electron chi connectivity index (χ2n) is 12.0. The van der Waals surface area contributed by atoms with E-state index in [1.165, 1.54) is 12.8 Å². The van der Waals surface area contributed by atoms with Crippen molar-refractivity contribution in [3.63, 3.8) is 0 Å². The lowest BCUT2D eigenvalue weighted by Gasteiger charge is -2.43. The summed E-state index contributed by atoms with van der Waals surface area (Å²) in [5.74, 6) is -71.4. The summed E-state index contributed by atoms with van der Waals surface area (Å²) in [6, 6.07) is 0. The minimum Gasteiger partial charge on any atom is -0.461 e. The van der Waals surface area contributed by atoms with Gasteiger partial charge in [-0.1, -0.05) is 97.3 Å². The average Bonchev–Trinajstić information content (AvgIpc) is 2.95. The van der Waals surface area contributed by atoms with Crippen LogP contribution in [0.3, 0.4) is 0 Å². The minimum atomic E-state index is -9.03. The van der Waals surface area contributed by atoms with E-state index < -0.39 is 72.6 Å². The quantitative estimate of drug-likeness (QED) is 0.0556. The molecule has 0 unspecified atom stereocenters. The molecule has 2 nitrogen and oxygen atoms in total. The van der Waals surface area contributed by atoms with Crippen LogP contribution < -0.4 is 0 Å². The Labute approximate surface area is 269 Å². The number of esters is 1. The van der Waals surface area contributed by atoms with E-state index in [-0.39, 0.29) is 6.42 Å². The Balaban J connectivity index is 5.18. The van der Waals surface area contributed by atoms with Crippen molar-refractivity contribution in [1.29, 1.82) is 0 Å². The summed E-state index contributed by atoms with van der Waals surface area (Å²) in [4.78, 5) is 11.4. The Bertz CT molecular complexity index is 1010. The molecule has 0 aliphatic rings. The van der Waals surface area contributed by atoms with Gasteiger partial charge in [0.05, 0.1) is 6.61 Å². The van der Waals surface area contributed by atoms with Gasteiger partial charge in [0.1, 0.15) is 0 Å². The summed E-state index contributed by atoms with van der Waals surface area (Å²) in [6.45, 7) is 3.02. The topological polar surface area (TPSA) is 26.3 Å². The third-order valence-electron chi connectivity index (χ3n) is 7.53. The van der Waals surface area contributed by atoms with Crippen LogP contribution in [0.4, 0.5) is 83.4 Å². The van der Waals surface area contributed by atoms with E-state index in [0.29, 0.717) is 25.2 Å². The van der Waals surface area contributed by atoms with Crippen molar-refractivity contribution in [3.8, 4) is 0 Å². The van der Waals surface area contributed by atoms with E-state index in [0.717, 1.165) is 44.9 Å². The highest BCUT2D eigenvalue weighted by atomic mass is 19.4. The normalized spacial score (nSPS) is 14.9. The van der Waals surface area contributed by atoms with Crippen molar-refractivity contribution in [2.45, 2.75) is 157 Å². The van der Waals surface area contributed by atoms with Gasteiger partial charge in [-0.2, -0.15) is 83.4 Å². The van der Waals surface area contributed by atoms with Gasteiger partial charge < -0.3 is 4.74 Å². The molecule has 0 aliphatic carbocycles. The summed E-state index contributed by atoms with van der Waals surface area (Å²) < 4.78 is 257. The molecule has 21 heteroatoms. The Morgan fingerprint density at radius 2 is 0.673 bits per heavy atom. The number of hydrogen-bond donors (Lipinski definition) is 0. The fourth-order valence-corrected chi connectivity index (χ4v) is 4.34. The molecule has 0 bridgehead atoms. The van der Waals surface area contributed by atoms with Crippen LogP contribution in [0.5, 0.6) is 0 Å². The molecule has 0 saturated heterocycles. The van der Waals surface area contributed by atoms with Crippen LogP contribution in [0, 0.1) is 5.92 Å². The van der Waals surface area contributed by atoms with Gasteiger partial charge in [0, 0.05) is 0 Å². The van der Waals surface area contributed by atoms with Gasteiger partial charge in [-0.25, -0.2) is 4.79 Å². The van der Waals surface area contributed by atoms with E-state index >= 15 is 0 Å². The Kier molecular flexibility index (Phi) is 16.5. The number of unbranched alkanes of at least 4 members (excludes halogenated alkanes) is 12. The van der Waals surface area contributed by atoms with Gasteiger partial charge in [0.25, 0.3) is 0 Å². The van der Waals surface area contributed by atoms with Crippen LogP contribution in [0.1, 0.15) is 104 Å². The second kappa shape index (κ2) is 17.1. The first-order chi connectivity index (χ1) is 21.8. The van der Waals surface area contributed by atoms with Crippen LogP contribution in [0.25, 0.3) is 0 Å². The smallest absolute Gasteiger partial charge is 0.460 e. The predicted octanol–water partition coefficient (Wildman–Crippen LogP) is 12.3. The molecule has 0 rings (SSSR count). The zero-order valence-electron chi connectivity index (χ0n) is 26.2. The maximum absolute atomic E-state index is 13.9. The SMILES string of the molecule is CC(C)CCCCCCCCCCCCCCCOC(=O)C(F)(F)C(F)(F)C(F)(F)C(F)(F)C(F)(F)C(F)(F)C(F)(F)C(F)(F)C(F)(F)F. The third-order valence-corrected chi connectivity index (χ3v) is 7.53. The van der Waals surface area contributed by atoms with Crippen LogP contribution in [-0.2, 0) is 9.53 Å². The number of rotatable bonds is 24. The molecule has 0 atom stereocenters. The van der Waals surface area contributed by atoms with Crippen LogP contribution in [-0.4, -0.2) is 66.1 Å². The molecule has 0 aromatic rings. The molecule has 0 radical (unpaired) electrons. The lowest BCUT2D eigenvalue weighted by atomic mass is 9.87. The van der Waals surface area contributed by atoms with E-state index in [2.05, 4.69) is 18.6 Å². The van der Waals surface area contributed by atoms with Crippen molar-refractivity contribution in [1.82, 2.24) is 0 Å². The van der Waals surface area contributed by atoms with Gasteiger partial charge in [-0.3, -0.25) is 0 Å². The molecule has 0 fully saturated rings. The highest BCUT2D eigenvalue weighted by Gasteiger charge is 2.97. The van der Waals surface area contributed by atoms with E-state index in [9.17, 15) is 88.2 Å². The predicted molar refractivity (Wildman–Crippen MR) is 136 cm³/mol. The van der Waals surface area contributed by atoms with Gasteiger partial charge in [-0.05, 0) is 12.3 Å². The summed E-state index contributed by atoms with van der Waals surface area (Å²) >= 11 is 0. The summed E-state index contributed by atoms with van der Waals surface area (Å²) in [5, 5.41) is 0. The molecular weight excluding hydrogens is 729 g/mol. The minimum absolute atomic E-state index is 0.0535. The molecule has 0 N–H and O–H groups in total. The van der Waals surface area contributed by atoms with Gasteiger partial charge in [-0.15, -0.1) is 0 Å². The summed E-state index contributed by atoms with van der Waals surface area (Å²) in [7, 11) is 0. The highest BCUT2D eigenvalue weighted by Crippen LogP contribution is 2.65. The summed E-state index contributed by atoms with van der Waals surface area (Å²) in [6.07, 6.45) is 2.83. The van der Waals surface area contributed by atoms with Crippen LogP contribution in [0.15, 0.2) is 0 Å². The van der Waals surface area contributed by atoms with E-state index in [1.807, 2.05) is 0 Å². The number of carbonyl (C=O) groups is 1. The monoisotopic (exact) mass is 766 g/mol. The first-order valence-corrected chi connectivity index (χ1v) is 15.1. The number of halogens is 19. The molecule has 0 heterocycles. The molecule has 294 valence electrons. The van der Waals surface area contributed by atoms with Gasteiger partial charge in [0.15, 0.2) is 0 Å². The average molecular weight is 767 g/mol. The largest absolute Gasteiger partial charge is 0.461 e. The van der Waals surface area contributed by atoms with Crippen molar-refractivity contribution in [2.24, 2.45) is 5.92 Å². The molecule has 0 aliphatic heterocycles. The molecule has 49 heavy (non-hydrogen) atoms. The summed E-state index contributed by atoms with van der Waals surface area (Å²) in [5.41, 5.74) is 0. The number of alkyl halides is 19. The van der Waals surface area contributed by atoms with Crippen molar-refractivity contribution in [3.05, 3.63) is 0 Å². The Morgan fingerprint density at radius 3 is 0.980 bits per heavy atom. The molecule has 0 spiro atoms. The van der Waals surface area contributed by atoms with Crippen LogP contribution >= 0.6 is 0 Å². The lowest BCUT2D eigenvalue weighted by Crippen LogP contribution is -2.76. The highest BCUT2D eigenvalue weighted by molar-refractivity contribution is 5.79. The first-order valence-electron chi connectivity index (χ1n) is 15.1. The fourth-order valence-electron chi connectivity index (χ4n) is 4.34. The number of ether oxygens (including phenoxy) is 1. The zero-order valence-corrected chi connectivity index (χ0v) is 26.2. The number of hydrogen-bond acceptors (Lipinski definition) is 2. The number of carbonyl (C=O) groups excluding carboxylic acids is 1. The van der Waals surface area contributed by atoms with Crippen LogP contribution in [0.2, 0.25) is 0 Å². The maximum atomic E-state index is 13.9. The van der Waals surface area contributed by atoms with Gasteiger partial charge >= 0.3 is 59.5 Å². The maximum Gasteiger partial charge on any atom is 0.460 e. The molecule has 0 amide bonds. The van der Waals surface area contributed by atoms with E-state index in [1.54, 1.807) is 0 Å².